The van der Waals surface area contributed by atoms with Crippen LogP contribution in [-0.4, -0.2) is 37.1 Å². The van der Waals surface area contributed by atoms with Crippen LogP contribution in [0.15, 0.2) is 0 Å². The topological polar surface area (TPSA) is 67.4 Å². The molecule has 0 spiro atoms. The smallest absolute Gasteiger partial charge is 0.328 e. The van der Waals surface area contributed by atoms with E-state index in [9.17, 15) is 9.59 Å². The summed E-state index contributed by atoms with van der Waals surface area (Å²) < 4.78 is 5.19. The van der Waals surface area contributed by atoms with Crippen molar-refractivity contribution in [2.75, 3.05) is 13.1 Å². The van der Waals surface area contributed by atoms with Gasteiger partial charge in [0.2, 0.25) is 5.91 Å². The Labute approximate surface area is 121 Å². The van der Waals surface area contributed by atoms with Crippen molar-refractivity contribution in [3.63, 3.8) is 0 Å². The third-order valence-corrected chi connectivity index (χ3v) is 3.09. The Hall–Kier alpha value is -1.10. The molecule has 0 aliphatic heterocycles. The van der Waals surface area contributed by atoms with Gasteiger partial charge in [-0.2, -0.15) is 0 Å². The quantitative estimate of drug-likeness (QED) is 0.629. The number of carbonyl (C=O) groups is 2. The van der Waals surface area contributed by atoms with Crippen LogP contribution in [-0.2, 0) is 14.3 Å². The van der Waals surface area contributed by atoms with E-state index in [0.29, 0.717) is 12.3 Å². The number of esters is 1. The summed E-state index contributed by atoms with van der Waals surface area (Å²) in [7, 11) is 0. The van der Waals surface area contributed by atoms with Crippen molar-refractivity contribution in [2.45, 2.75) is 59.1 Å². The lowest BCUT2D eigenvalue weighted by Crippen LogP contribution is -2.46. The van der Waals surface area contributed by atoms with E-state index >= 15 is 0 Å². The molecule has 5 nitrogen and oxygen atoms in total. The van der Waals surface area contributed by atoms with Gasteiger partial charge in [-0.3, -0.25) is 4.79 Å². The minimum Gasteiger partial charge on any atom is -0.461 e. The number of nitrogens with one attached hydrogen (secondary N) is 2. The Morgan fingerprint density at radius 1 is 1.20 bits per heavy atom. The summed E-state index contributed by atoms with van der Waals surface area (Å²) in [6.45, 7) is 8.81. The lowest BCUT2D eigenvalue weighted by molar-refractivity contribution is -0.151. The number of amides is 1. The van der Waals surface area contributed by atoms with Crippen LogP contribution in [0.25, 0.3) is 0 Å². The first-order chi connectivity index (χ1) is 9.38. The van der Waals surface area contributed by atoms with E-state index in [0.717, 1.165) is 12.5 Å². The average molecular weight is 284 g/mol. The molecular weight excluding hydrogens is 256 g/mol. The molecule has 116 valence electrons. The van der Waals surface area contributed by atoms with Crippen molar-refractivity contribution < 1.29 is 14.3 Å². The maximum atomic E-state index is 12.0. The van der Waals surface area contributed by atoms with Gasteiger partial charge in [-0.1, -0.05) is 13.8 Å². The molecule has 0 unspecified atom stereocenters. The Morgan fingerprint density at radius 3 is 2.35 bits per heavy atom. The average Bonchev–Trinajstić information content (AvgIpc) is 3.10. The van der Waals surface area contributed by atoms with Gasteiger partial charge in [0, 0.05) is 0 Å². The molecule has 1 aliphatic carbocycles. The first kappa shape index (κ1) is 17.0. The third kappa shape index (κ3) is 7.48. The molecule has 0 saturated heterocycles. The van der Waals surface area contributed by atoms with Crippen LogP contribution in [0.2, 0.25) is 0 Å². The van der Waals surface area contributed by atoms with Gasteiger partial charge >= 0.3 is 5.97 Å². The highest BCUT2D eigenvalue weighted by molar-refractivity contribution is 5.85. The van der Waals surface area contributed by atoms with Crippen molar-refractivity contribution in [2.24, 2.45) is 11.8 Å². The van der Waals surface area contributed by atoms with Gasteiger partial charge in [-0.05, 0) is 51.5 Å². The highest BCUT2D eigenvalue weighted by Gasteiger charge is 2.25. The number of hydrogen-bond acceptors (Lipinski definition) is 4. The monoisotopic (exact) mass is 284 g/mol. The van der Waals surface area contributed by atoms with Crippen LogP contribution in [0.1, 0.15) is 47.0 Å². The summed E-state index contributed by atoms with van der Waals surface area (Å²) in [5.74, 6) is 0.570. The van der Waals surface area contributed by atoms with Gasteiger partial charge in [-0.25, -0.2) is 4.79 Å². The predicted molar refractivity (Wildman–Crippen MR) is 78.2 cm³/mol. The summed E-state index contributed by atoms with van der Waals surface area (Å²) in [4.78, 5) is 23.8. The summed E-state index contributed by atoms with van der Waals surface area (Å²) in [5, 5.41) is 5.89. The molecule has 2 N–H and O–H groups in total. The van der Waals surface area contributed by atoms with E-state index in [1.54, 1.807) is 0 Å². The van der Waals surface area contributed by atoms with Crippen LogP contribution >= 0.6 is 0 Å². The molecule has 1 rings (SSSR count). The number of hydrogen-bond donors (Lipinski definition) is 2. The van der Waals surface area contributed by atoms with E-state index in [2.05, 4.69) is 10.6 Å². The van der Waals surface area contributed by atoms with E-state index in [1.807, 2.05) is 27.7 Å². The Morgan fingerprint density at radius 2 is 1.85 bits per heavy atom. The molecule has 0 heterocycles. The lowest BCUT2D eigenvalue weighted by atomic mass is 10.0. The van der Waals surface area contributed by atoms with Crippen molar-refractivity contribution in [3.05, 3.63) is 0 Å². The lowest BCUT2D eigenvalue weighted by Gasteiger charge is -2.20. The maximum Gasteiger partial charge on any atom is 0.328 e. The highest BCUT2D eigenvalue weighted by atomic mass is 16.5. The summed E-state index contributed by atoms with van der Waals surface area (Å²) in [6.07, 6.45) is 2.94. The summed E-state index contributed by atoms with van der Waals surface area (Å²) in [5.41, 5.74) is 0. The van der Waals surface area contributed by atoms with Gasteiger partial charge in [0.15, 0.2) is 0 Å². The normalized spacial score (nSPS) is 16.3. The van der Waals surface area contributed by atoms with E-state index in [1.165, 1.54) is 12.8 Å². The second kappa shape index (κ2) is 8.25. The Balaban J connectivity index is 2.36. The summed E-state index contributed by atoms with van der Waals surface area (Å²) in [6, 6.07) is -0.548. The highest BCUT2D eigenvalue weighted by Crippen LogP contribution is 2.27. The van der Waals surface area contributed by atoms with E-state index in [4.69, 9.17) is 4.74 Å². The second-order valence-corrected chi connectivity index (χ2v) is 6.31. The summed E-state index contributed by atoms with van der Waals surface area (Å²) >= 11 is 0. The van der Waals surface area contributed by atoms with Gasteiger partial charge in [0.05, 0.1) is 12.6 Å². The van der Waals surface area contributed by atoms with Gasteiger partial charge < -0.3 is 15.4 Å². The molecule has 5 heteroatoms. The number of rotatable bonds is 9. The predicted octanol–water partition coefficient (Wildman–Crippen LogP) is 1.47. The maximum absolute atomic E-state index is 12.0. The van der Waals surface area contributed by atoms with Crippen LogP contribution in [0, 0.1) is 11.8 Å². The molecule has 20 heavy (non-hydrogen) atoms. The number of ether oxygens (including phenoxy) is 1. The van der Waals surface area contributed by atoms with Crippen molar-refractivity contribution in [1.29, 1.82) is 0 Å². The zero-order chi connectivity index (χ0) is 15.1. The molecule has 1 fully saturated rings. The largest absolute Gasteiger partial charge is 0.461 e. The molecule has 0 aromatic carbocycles. The van der Waals surface area contributed by atoms with Crippen LogP contribution < -0.4 is 10.6 Å². The SMILES string of the molecule is CC(C)C[C@H](NC(=O)CNCC1CC1)C(=O)OC(C)C. The van der Waals surface area contributed by atoms with Crippen LogP contribution in [0.3, 0.4) is 0 Å². The minimum absolute atomic E-state index is 0.142. The zero-order valence-corrected chi connectivity index (χ0v) is 13.1. The molecule has 1 amide bonds. The zero-order valence-electron chi connectivity index (χ0n) is 13.1. The fourth-order valence-electron chi connectivity index (χ4n) is 1.96. The molecule has 0 bridgehead atoms. The Bertz CT molecular complexity index is 325. The first-order valence-corrected chi connectivity index (χ1v) is 7.59. The van der Waals surface area contributed by atoms with Crippen molar-refractivity contribution in [3.8, 4) is 0 Å². The van der Waals surface area contributed by atoms with Crippen molar-refractivity contribution >= 4 is 11.9 Å². The fourth-order valence-corrected chi connectivity index (χ4v) is 1.96. The van der Waals surface area contributed by atoms with Gasteiger partial charge in [0.1, 0.15) is 6.04 Å². The van der Waals surface area contributed by atoms with E-state index < -0.39 is 6.04 Å². The van der Waals surface area contributed by atoms with Gasteiger partial charge in [0.25, 0.3) is 0 Å². The molecule has 1 saturated carbocycles. The standard InChI is InChI=1S/C15H28N2O3/c1-10(2)7-13(15(19)20-11(3)4)17-14(18)9-16-8-12-5-6-12/h10-13,16H,5-9H2,1-4H3,(H,17,18)/t13-/m0/s1. The van der Waals surface area contributed by atoms with Crippen molar-refractivity contribution in [1.82, 2.24) is 10.6 Å². The molecule has 0 radical (unpaired) electrons. The number of carbonyl (C=O) groups excluding carboxylic acids is 2. The molecular formula is C15H28N2O3. The van der Waals surface area contributed by atoms with E-state index in [-0.39, 0.29) is 24.5 Å². The fraction of sp³-hybridized carbons (Fsp3) is 0.867. The van der Waals surface area contributed by atoms with Crippen LogP contribution in [0.4, 0.5) is 0 Å². The van der Waals surface area contributed by atoms with Crippen LogP contribution in [0.5, 0.6) is 0 Å². The van der Waals surface area contributed by atoms with Gasteiger partial charge in [-0.15, -0.1) is 0 Å². The molecule has 1 aliphatic rings. The molecule has 0 aromatic rings. The first-order valence-electron chi connectivity index (χ1n) is 7.59. The third-order valence-electron chi connectivity index (χ3n) is 3.09. The molecule has 0 aromatic heterocycles. The molecule has 1 atom stereocenters. The Kier molecular flexibility index (Phi) is 6.99. The minimum atomic E-state index is -0.548. The second-order valence-electron chi connectivity index (χ2n) is 6.31.